The zero-order valence-electron chi connectivity index (χ0n) is 12.4. The number of alkyl halides is 3. The molecule has 1 rings (SSSR count). The average molecular weight is 339 g/mol. The van der Waals surface area contributed by atoms with Crippen molar-refractivity contribution in [2.75, 3.05) is 7.11 Å². The lowest BCUT2D eigenvalue weighted by molar-refractivity contribution is -0.145. The Morgan fingerprint density at radius 1 is 1.36 bits per heavy atom. The first-order valence-electron chi connectivity index (χ1n) is 6.53. The van der Waals surface area contributed by atoms with Crippen LogP contribution in [0.25, 0.3) is 0 Å². The van der Waals surface area contributed by atoms with Crippen LogP contribution in [0.3, 0.4) is 0 Å². The quantitative estimate of drug-likeness (QED) is 0.773. The molecule has 2 atom stereocenters. The molecular formula is C15H18ClF3O3. The maximum absolute atomic E-state index is 13.6. The Hall–Kier alpha value is -1.27. The van der Waals surface area contributed by atoms with Gasteiger partial charge >= 0.3 is 0 Å². The lowest BCUT2D eigenvalue weighted by atomic mass is 9.74. The molecule has 0 fully saturated rings. The van der Waals surface area contributed by atoms with Gasteiger partial charge in [-0.25, -0.2) is 13.2 Å². The van der Waals surface area contributed by atoms with Crippen molar-refractivity contribution in [1.29, 1.82) is 0 Å². The fourth-order valence-electron chi connectivity index (χ4n) is 2.47. The number of aliphatic hydroxyl groups is 1. The van der Waals surface area contributed by atoms with Crippen LogP contribution >= 0.6 is 11.6 Å². The highest BCUT2D eigenvalue weighted by Gasteiger charge is 2.47. The van der Waals surface area contributed by atoms with Crippen molar-refractivity contribution < 1.29 is 27.8 Å². The number of para-hydroxylation sites is 1. The molecule has 1 N–H and O–H groups in total. The van der Waals surface area contributed by atoms with Gasteiger partial charge in [-0.1, -0.05) is 37.6 Å². The summed E-state index contributed by atoms with van der Waals surface area (Å²) in [6.07, 6.45) is -7.17. The van der Waals surface area contributed by atoms with Crippen molar-refractivity contribution in [1.82, 2.24) is 0 Å². The number of benzene rings is 1. The molecule has 22 heavy (non-hydrogen) atoms. The van der Waals surface area contributed by atoms with Crippen molar-refractivity contribution in [2.45, 2.75) is 43.9 Å². The van der Waals surface area contributed by atoms with Gasteiger partial charge in [-0.15, -0.1) is 0 Å². The largest absolute Gasteiger partial charge is 0.495 e. The predicted octanol–water partition coefficient (Wildman–Crippen LogP) is 3.55. The first-order chi connectivity index (χ1) is 10.1. The molecule has 0 saturated heterocycles. The lowest BCUT2D eigenvalue weighted by Crippen LogP contribution is -2.49. The Morgan fingerprint density at radius 3 is 2.41 bits per heavy atom. The Bertz CT molecular complexity index is 537. The Morgan fingerprint density at radius 2 is 1.95 bits per heavy atom. The van der Waals surface area contributed by atoms with Crippen LogP contribution in [0.4, 0.5) is 13.2 Å². The van der Waals surface area contributed by atoms with Gasteiger partial charge in [0.05, 0.1) is 12.1 Å². The van der Waals surface area contributed by atoms with E-state index >= 15 is 0 Å². The smallest absolute Gasteiger partial charge is 0.272 e. The third-order valence-electron chi connectivity index (χ3n) is 3.53. The highest BCUT2D eigenvalue weighted by Crippen LogP contribution is 2.42. The molecule has 0 aliphatic carbocycles. The number of carbonyl (C=O) groups excluding carboxylic acids is 1. The van der Waals surface area contributed by atoms with Crippen molar-refractivity contribution in [3.63, 3.8) is 0 Å². The summed E-state index contributed by atoms with van der Waals surface area (Å²) in [5.41, 5.74) is -3.36. The number of hydrogen-bond acceptors (Lipinski definition) is 3. The molecule has 124 valence electrons. The molecule has 7 heteroatoms. The molecule has 1 aromatic rings. The summed E-state index contributed by atoms with van der Waals surface area (Å²) in [5.74, 6) is 0.287. The minimum Gasteiger partial charge on any atom is -0.495 e. The van der Waals surface area contributed by atoms with E-state index in [0.29, 0.717) is 5.56 Å². The van der Waals surface area contributed by atoms with Gasteiger partial charge in [0, 0.05) is 5.56 Å². The topological polar surface area (TPSA) is 46.5 Å². The summed E-state index contributed by atoms with van der Waals surface area (Å²) < 4.78 is 43.9. The standard InChI is InChI=1S/C15H18ClF3O3/c1-14(2,7-15(21,8-20)12(17)13(18)19)9-5-4-6-10(16)11(9)22-3/h4-6,8,12-13,21H,7H2,1-3H3. The van der Waals surface area contributed by atoms with E-state index < -0.39 is 30.0 Å². The highest BCUT2D eigenvalue weighted by atomic mass is 35.5. The second kappa shape index (κ2) is 6.87. The van der Waals surface area contributed by atoms with Gasteiger partial charge in [-0.05, 0) is 17.9 Å². The molecular weight excluding hydrogens is 321 g/mol. The summed E-state index contributed by atoms with van der Waals surface area (Å²) in [6.45, 7) is 3.15. The van der Waals surface area contributed by atoms with Gasteiger partial charge < -0.3 is 14.6 Å². The Kier molecular flexibility index (Phi) is 5.87. The molecule has 0 bridgehead atoms. The van der Waals surface area contributed by atoms with Crippen molar-refractivity contribution >= 4 is 17.9 Å². The molecule has 3 nitrogen and oxygen atoms in total. The fraction of sp³-hybridized carbons (Fsp3) is 0.533. The van der Waals surface area contributed by atoms with Crippen LogP contribution in [-0.2, 0) is 10.2 Å². The molecule has 0 amide bonds. The Balaban J connectivity index is 3.24. The molecule has 0 heterocycles. The Labute approximate surface area is 132 Å². The minimum atomic E-state index is -3.47. The first-order valence-corrected chi connectivity index (χ1v) is 6.91. The number of halogens is 4. The van der Waals surface area contributed by atoms with E-state index in [2.05, 4.69) is 0 Å². The zero-order chi connectivity index (χ0) is 17.1. The van der Waals surface area contributed by atoms with E-state index in [-0.39, 0.29) is 17.1 Å². The molecule has 2 unspecified atom stereocenters. The first kappa shape index (κ1) is 18.8. The summed E-state index contributed by atoms with van der Waals surface area (Å²) in [5, 5.41) is 10.3. The molecule has 0 saturated carbocycles. The molecule has 0 aliphatic heterocycles. The van der Waals surface area contributed by atoms with Crippen molar-refractivity contribution in [2.24, 2.45) is 0 Å². The van der Waals surface area contributed by atoms with Crippen LogP contribution in [0.5, 0.6) is 5.75 Å². The van der Waals surface area contributed by atoms with E-state index in [1.165, 1.54) is 7.11 Å². The SMILES string of the molecule is COc1c(Cl)cccc1C(C)(C)CC(O)(C=O)C(F)C(F)F. The summed E-state index contributed by atoms with van der Waals surface area (Å²) in [6, 6.07) is 4.80. The summed E-state index contributed by atoms with van der Waals surface area (Å²) in [4.78, 5) is 11.0. The normalized spacial score (nSPS) is 16.2. The summed E-state index contributed by atoms with van der Waals surface area (Å²) >= 11 is 6.00. The molecule has 0 radical (unpaired) electrons. The van der Waals surface area contributed by atoms with Crippen LogP contribution in [0.15, 0.2) is 18.2 Å². The van der Waals surface area contributed by atoms with Crippen molar-refractivity contribution in [3.8, 4) is 5.75 Å². The maximum Gasteiger partial charge on any atom is 0.272 e. The van der Waals surface area contributed by atoms with Crippen LogP contribution in [0, 0.1) is 0 Å². The monoisotopic (exact) mass is 338 g/mol. The van der Waals surface area contributed by atoms with E-state index in [4.69, 9.17) is 16.3 Å². The van der Waals surface area contributed by atoms with E-state index in [9.17, 15) is 23.1 Å². The second-order valence-electron chi connectivity index (χ2n) is 5.73. The van der Waals surface area contributed by atoms with Crippen molar-refractivity contribution in [3.05, 3.63) is 28.8 Å². The maximum atomic E-state index is 13.6. The van der Waals surface area contributed by atoms with Gasteiger partial charge in [0.25, 0.3) is 6.43 Å². The minimum absolute atomic E-state index is 0.178. The molecule has 0 spiro atoms. The van der Waals surface area contributed by atoms with Gasteiger partial charge in [0.15, 0.2) is 18.1 Å². The van der Waals surface area contributed by atoms with Crippen LogP contribution < -0.4 is 4.74 Å². The van der Waals surface area contributed by atoms with Crippen LogP contribution in [-0.4, -0.2) is 36.7 Å². The molecule has 1 aromatic carbocycles. The zero-order valence-corrected chi connectivity index (χ0v) is 13.2. The highest BCUT2D eigenvalue weighted by molar-refractivity contribution is 6.32. The number of methoxy groups -OCH3 is 1. The van der Waals surface area contributed by atoms with E-state index in [1.807, 2.05) is 0 Å². The fourth-order valence-corrected chi connectivity index (χ4v) is 2.73. The third kappa shape index (κ3) is 3.73. The van der Waals surface area contributed by atoms with Crippen LogP contribution in [0.2, 0.25) is 5.02 Å². The van der Waals surface area contributed by atoms with Gasteiger partial charge in [0.2, 0.25) is 0 Å². The number of hydrogen-bond donors (Lipinski definition) is 1. The number of rotatable bonds is 7. The van der Waals surface area contributed by atoms with Crippen LogP contribution in [0.1, 0.15) is 25.8 Å². The molecule has 0 aromatic heterocycles. The third-order valence-corrected chi connectivity index (χ3v) is 3.83. The number of aldehydes is 1. The van der Waals surface area contributed by atoms with Gasteiger partial charge in [0.1, 0.15) is 5.75 Å². The van der Waals surface area contributed by atoms with Gasteiger partial charge in [-0.3, -0.25) is 0 Å². The van der Waals surface area contributed by atoms with E-state index in [1.54, 1.807) is 32.0 Å². The van der Waals surface area contributed by atoms with Gasteiger partial charge in [-0.2, -0.15) is 0 Å². The second-order valence-corrected chi connectivity index (χ2v) is 6.13. The lowest BCUT2D eigenvalue weighted by Gasteiger charge is -2.35. The van der Waals surface area contributed by atoms with E-state index in [0.717, 1.165) is 0 Å². The molecule has 0 aliphatic rings. The average Bonchev–Trinajstić information content (AvgIpc) is 2.45. The number of carbonyl (C=O) groups is 1. The predicted molar refractivity (Wildman–Crippen MR) is 77.6 cm³/mol. The summed E-state index contributed by atoms with van der Waals surface area (Å²) in [7, 11) is 1.38. The number of ether oxygens (including phenoxy) is 1.